The van der Waals surface area contributed by atoms with Crippen molar-refractivity contribution in [3.63, 3.8) is 0 Å². The summed E-state index contributed by atoms with van der Waals surface area (Å²) >= 11 is 0. The summed E-state index contributed by atoms with van der Waals surface area (Å²) in [5.41, 5.74) is 1.21. The Morgan fingerprint density at radius 2 is 1.73 bits per heavy atom. The maximum atomic E-state index is 5.81. The van der Waals surface area contributed by atoms with Gasteiger partial charge in [0.15, 0.2) is 0 Å². The molecule has 22 heavy (non-hydrogen) atoms. The van der Waals surface area contributed by atoms with E-state index in [0.29, 0.717) is 0 Å². The molecule has 0 unspecified atom stereocenters. The second-order valence-electron chi connectivity index (χ2n) is 5.98. The highest BCUT2D eigenvalue weighted by Gasteiger charge is 2.11. The minimum Gasteiger partial charge on any atom is -0.488 e. The fraction of sp³-hybridized carbons (Fsp3) is 0.556. The Morgan fingerprint density at radius 3 is 2.27 bits per heavy atom. The van der Waals surface area contributed by atoms with E-state index >= 15 is 0 Å². The zero-order valence-electron chi connectivity index (χ0n) is 14.5. The SMILES string of the molecule is CC.CC(C)(C)Oc1ccc(CCCCn2ccnn2)cc1. The number of aromatic nitrogens is 3. The van der Waals surface area contributed by atoms with Crippen molar-refractivity contribution in [2.45, 2.75) is 66.0 Å². The Labute approximate surface area is 134 Å². The van der Waals surface area contributed by atoms with E-state index in [0.717, 1.165) is 31.6 Å². The van der Waals surface area contributed by atoms with Crippen molar-refractivity contribution in [2.24, 2.45) is 0 Å². The predicted molar refractivity (Wildman–Crippen MR) is 91.1 cm³/mol. The van der Waals surface area contributed by atoms with Gasteiger partial charge in [-0.2, -0.15) is 0 Å². The topological polar surface area (TPSA) is 39.9 Å². The molecule has 0 aliphatic rings. The summed E-state index contributed by atoms with van der Waals surface area (Å²) in [5, 5.41) is 7.75. The predicted octanol–water partition coefficient (Wildman–Crippen LogP) is 4.50. The number of nitrogens with zero attached hydrogens (tertiary/aromatic N) is 3. The molecule has 0 fully saturated rings. The summed E-state index contributed by atoms with van der Waals surface area (Å²) in [5.74, 6) is 0.934. The highest BCUT2D eigenvalue weighted by atomic mass is 16.5. The molecular formula is C18H29N3O. The van der Waals surface area contributed by atoms with Crippen molar-refractivity contribution >= 4 is 0 Å². The summed E-state index contributed by atoms with van der Waals surface area (Å²) in [6.07, 6.45) is 6.97. The smallest absolute Gasteiger partial charge is 0.120 e. The van der Waals surface area contributed by atoms with Gasteiger partial charge in [-0.3, -0.25) is 4.68 Å². The van der Waals surface area contributed by atoms with Gasteiger partial charge in [0, 0.05) is 12.7 Å². The van der Waals surface area contributed by atoms with Crippen LogP contribution in [0.5, 0.6) is 5.75 Å². The zero-order chi connectivity index (χ0) is 16.4. The van der Waals surface area contributed by atoms with E-state index in [-0.39, 0.29) is 5.60 Å². The van der Waals surface area contributed by atoms with Crippen molar-refractivity contribution in [3.8, 4) is 5.75 Å². The lowest BCUT2D eigenvalue weighted by molar-refractivity contribution is 0.131. The summed E-state index contributed by atoms with van der Waals surface area (Å²) in [6.45, 7) is 11.1. The Morgan fingerprint density at radius 1 is 1.05 bits per heavy atom. The van der Waals surface area contributed by atoms with E-state index in [2.05, 4.69) is 55.3 Å². The van der Waals surface area contributed by atoms with Gasteiger partial charge >= 0.3 is 0 Å². The second-order valence-corrected chi connectivity index (χ2v) is 5.98. The molecule has 0 bridgehead atoms. The van der Waals surface area contributed by atoms with Crippen LogP contribution in [0.3, 0.4) is 0 Å². The Kier molecular flexibility index (Phi) is 7.64. The molecule has 2 aromatic rings. The van der Waals surface area contributed by atoms with Gasteiger partial charge in [0.2, 0.25) is 0 Å². The van der Waals surface area contributed by atoms with Crippen molar-refractivity contribution in [2.75, 3.05) is 0 Å². The van der Waals surface area contributed by atoms with Gasteiger partial charge in [0.05, 0.1) is 6.20 Å². The van der Waals surface area contributed by atoms with Crippen molar-refractivity contribution < 1.29 is 4.74 Å². The van der Waals surface area contributed by atoms with E-state index in [1.165, 1.54) is 5.56 Å². The summed E-state index contributed by atoms with van der Waals surface area (Å²) in [6, 6.07) is 8.41. The number of benzene rings is 1. The van der Waals surface area contributed by atoms with Gasteiger partial charge in [-0.05, 0) is 57.7 Å². The number of hydrogen-bond donors (Lipinski definition) is 0. The van der Waals surface area contributed by atoms with Gasteiger partial charge in [-0.1, -0.05) is 31.2 Å². The first-order valence-electron chi connectivity index (χ1n) is 8.15. The van der Waals surface area contributed by atoms with Crippen molar-refractivity contribution in [1.29, 1.82) is 0 Å². The Bertz CT molecular complexity index is 498. The van der Waals surface area contributed by atoms with Crippen molar-refractivity contribution in [3.05, 3.63) is 42.2 Å². The summed E-state index contributed by atoms with van der Waals surface area (Å²) in [4.78, 5) is 0. The van der Waals surface area contributed by atoms with E-state index in [1.54, 1.807) is 6.20 Å². The number of hydrogen-bond acceptors (Lipinski definition) is 3. The molecule has 0 saturated carbocycles. The number of ether oxygens (including phenoxy) is 1. The normalized spacial score (nSPS) is 10.8. The first kappa shape index (κ1) is 18.2. The molecule has 1 aromatic heterocycles. The highest BCUT2D eigenvalue weighted by Crippen LogP contribution is 2.19. The van der Waals surface area contributed by atoms with Gasteiger partial charge in [-0.25, -0.2) is 0 Å². The Hall–Kier alpha value is -1.84. The van der Waals surface area contributed by atoms with E-state index in [4.69, 9.17) is 4.74 Å². The maximum Gasteiger partial charge on any atom is 0.120 e. The van der Waals surface area contributed by atoms with Crippen LogP contribution in [-0.4, -0.2) is 20.6 Å². The molecule has 1 aromatic carbocycles. The van der Waals surface area contributed by atoms with Gasteiger partial charge < -0.3 is 4.74 Å². The average molecular weight is 303 g/mol. The number of aryl methyl sites for hydroxylation is 2. The van der Waals surface area contributed by atoms with Gasteiger partial charge in [-0.15, -0.1) is 5.10 Å². The van der Waals surface area contributed by atoms with E-state index in [1.807, 2.05) is 24.7 Å². The first-order chi connectivity index (χ1) is 10.5. The van der Waals surface area contributed by atoms with Crippen LogP contribution in [-0.2, 0) is 13.0 Å². The quantitative estimate of drug-likeness (QED) is 0.737. The van der Waals surface area contributed by atoms with Crippen LogP contribution in [0, 0.1) is 0 Å². The molecule has 0 atom stereocenters. The van der Waals surface area contributed by atoms with Crippen LogP contribution in [0.15, 0.2) is 36.7 Å². The average Bonchev–Trinajstić information content (AvgIpc) is 2.99. The first-order valence-corrected chi connectivity index (χ1v) is 8.15. The van der Waals surface area contributed by atoms with Crippen molar-refractivity contribution in [1.82, 2.24) is 15.0 Å². The third-order valence-corrected chi connectivity index (χ3v) is 2.92. The molecule has 2 rings (SSSR count). The minimum atomic E-state index is -0.140. The molecule has 0 aliphatic carbocycles. The van der Waals surface area contributed by atoms with Crippen LogP contribution in [0.2, 0.25) is 0 Å². The molecule has 0 saturated heterocycles. The molecule has 4 heteroatoms. The maximum absolute atomic E-state index is 5.81. The molecule has 4 nitrogen and oxygen atoms in total. The van der Waals surface area contributed by atoms with Crippen LogP contribution in [0.1, 0.15) is 53.0 Å². The molecule has 0 radical (unpaired) electrons. The molecule has 1 heterocycles. The van der Waals surface area contributed by atoms with Gasteiger partial charge in [0.25, 0.3) is 0 Å². The fourth-order valence-electron chi connectivity index (χ4n) is 2.03. The lowest BCUT2D eigenvalue weighted by Crippen LogP contribution is -2.22. The van der Waals surface area contributed by atoms with Crippen LogP contribution in [0.4, 0.5) is 0 Å². The summed E-state index contributed by atoms with van der Waals surface area (Å²) in [7, 11) is 0. The number of rotatable bonds is 6. The second kappa shape index (κ2) is 9.23. The van der Waals surface area contributed by atoms with Gasteiger partial charge in [0.1, 0.15) is 11.4 Å². The van der Waals surface area contributed by atoms with E-state index < -0.39 is 0 Å². The standard InChI is InChI=1S/C16H23N3O.C2H6/c1-16(2,3)20-15-9-7-14(8-10-15)6-4-5-12-19-13-11-17-18-19;1-2/h7-11,13H,4-6,12H2,1-3H3;1-2H3. The molecule has 0 aliphatic heterocycles. The number of unbranched alkanes of at least 4 members (excludes halogenated alkanes) is 1. The molecule has 0 amide bonds. The fourth-order valence-corrected chi connectivity index (χ4v) is 2.03. The van der Waals surface area contributed by atoms with Crippen LogP contribution in [0.25, 0.3) is 0 Å². The minimum absolute atomic E-state index is 0.140. The van der Waals surface area contributed by atoms with E-state index in [9.17, 15) is 0 Å². The highest BCUT2D eigenvalue weighted by molar-refractivity contribution is 5.27. The molecular weight excluding hydrogens is 274 g/mol. The third-order valence-electron chi connectivity index (χ3n) is 2.92. The van der Waals surface area contributed by atoms with Crippen LogP contribution < -0.4 is 4.74 Å². The largest absolute Gasteiger partial charge is 0.488 e. The molecule has 122 valence electrons. The zero-order valence-corrected chi connectivity index (χ0v) is 14.5. The molecule has 0 spiro atoms. The van der Waals surface area contributed by atoms with Crippen LogP contribution >= 0.6 is 0 Å². The lowest BCUT2D eigenvalue weighted by Gasteiger charge is -2.21. The molecule has 0 N–H and O–H groups in total. The Balaban J connectivity index is 0.00000116. The third kappa shape index (κ3) is 7.25. The monoisotopic (exact) mass is 303 g/mol. The lowest BCUT2D eigenvalue weighted by atomic mass is 10.1. The summed E-state index contributed by atoms with van der Waals surface area (Å²) < 4.78 is 7.69.